The topological polar surface area (TPSA) is 38.8 Å². The van der Waals surface area contributed by atoms with Crippen molar-refractivity contribution in [2.24, 2.45) is 11.3 Å². The Kier molecular flexibility index (Phi) is 1.91. The van der Waals surface area contributed by atoms with Crippen LogP contribution in [0.2, 0.25) is 0 Å². The summed E-state index contributed by atoms with van der Waals surface area (Å²) in [7, 11) is 3.89. The van der Waals surface area contributed by atoms with Crippen LogP contribution in [-0.4, -0.2) is 43.5 Å². The lowest BCUT2D eigenvalue weighted by molar-refractivity contribution is -0.124. The first-order valence-electron chi connectivity index (χ1n) is 8.40. The molecule has 5 aliphatic rings. The zero-order chi connectivity index (χ0) is 15.6. The van der Waals surface area contributed by atoms with Gasteiger partial charge in [-0.1, -0.05) is 12.1 Å². The Hall–Kier alpha value is -1.81. The molecule has 6 rings (SSSR count). The van der Waals surface area contributed by atoms with Crippen LogP contribution in [0.5, 0.6) is 11.5 Å². The predicted molar refractivity (Wildman–Crippen MR) is 83.9 cm³/mol. The number of methoxy groups -OCH3 is 1. The van der Waals surface area contributed by atoms with Crippen molar-refractivity contribution in [3.63, 3.8) is 0 Å². The minimum Gasteiger partial charge on any atom is -0.493 e. The summed E-state index contributed by atoms with van der Waals surface area (Å²) < 4.78 is 11.8. The number of hydrogen-bond donors (Lipinski definition) is 0. The van der Waals surface area contributed by atoms with E-state index in [4.69, 9.17) is 9.47 Å². The molecule has 2 aliphatic heterocycles. The largest absolute Gasteiger partial charge is 0.493 e. The summed E-state index contributed by atoms with van der Waals surface area (Å²) in [5, 5.41) is 0. The molecule has 0 aromatic heterocycles. The molecule has 1 aromatic carbocycles. The quantitative estimate of drug-likeness (QED) is 0.792. The van der Waals surface area contributed by atoms with Gasteiger partial charge in [0.05, 0.1) is 12.5 Å². The Morgan fingerprint density at radius 3 is 3.04 bits per heavy atom. The van der Waals surface area contributed by atoms with Crippen LogP contribution >= 0.6 is 0 Å². The summed E-state index contributed by atoms with van der Waals surface area (Å²) in [4.78, 5) is 15.1. The van der Waals surface area contributed by atoms with Crippen LogP contribution in [0, 0.1) is 11.3 Å². The number of hydrogen-bond acceptors (Lipinski definition) is 4. The molecular weight excluding hydrogens is 290 g/mol. The number of carbonyl (C=O) groups excluding carboxylic acids is 1. The normalized spacial score (nSPS) is 44.4. The van der Waals surface area contributed by atoms with Gasteiger partial charge in [-0.2, -0.15) is 0 Å². The molecule has 0 radical (unpaired) electrons. The monoisotopic (exact) mass is 309 g/mol. The lowest BCUT2D eigenvalue weighted by Crippen LogP contribution is -2.62. The van der Waals surface area contributed by atoms with Crippen LogP contribution in [0.3, 0.4) is 0 Å². The minimum absolute atomic E-state index is 0.117. The summed E-state index contributed by atoms with van der Waals surface area (Å²) >= 11 is 0. The molecule has 2 fully saturated rings. The van der Waals surface area contributed by atoms with Crippen molar-refractivity contribution >= 4 is 5.78 Å². The predicted octanol–water partition coefficient (Wildman–Crippen LogP) is 1.71. The lowest BCUT2D eigenvalue weighted by Gasteiger charge is -2.54. The lowest BCUT2D eigenvalue weighted by atomic mass is 9.60. The fourth-order valence-electron chi connectivity index (χ4n) is 6.73. The molecule has 2 heterocycles. The smallest absolute Gasteiger partial charge is 0.196 e. The van der Waals surface area contributed by atoms with Crippen LogP contribution < -0.4 is 9.47 Å². The van der Waals surface area contributed by atoms with Gasteiger partial charge in [0.2, 0.25) is 0 Å². The van der Waals surface area contributed by atoms with Crippen molar-refractivity contribution in [3.05, 3.63) is 35.4 Å². The van der Waals surface area contributed by atoms with E-state index in [0.717, 1.165) is 30.9 Å². The summed E-state index contributed by atoms with van der Waals surface area (Å²) in [6.07, 6.45) is 5.75. The molecule has 0 N–H and O–H groups in total. The number of carbonyl (C=O) groups is 1. The number of benzene rings is 1. The van der Waals surface area contributed by atoms with Gasteiger partial charge < -0.3 is 14.4 Å². The number of fused-ring (bicyclic) bond motifs is 1. The molecule has 118 valence electrons. The van der Waals surface area contributed by atoms with Gasteiger partial charge in [0.25, 0.3) is 0 Å². The zero-order valence-corrected chi connectivity index (χ0v) is 13.3. The first-order chi connectivity index (χ1) is 11.1. The highest BCUT2D eigenvalue weighted by atomic mass is 16.5. The third-order valence-electron chi connectivity index (χ3n) is 7.11. The van der Waals surface area contributed by atoms with E-state index in [9.17, 15) is 4.79 Å². The van der Waals surface area contributed by atoms with Gasteiger partial charge in [0.15, 0.2) is 23.4 Å². The standard InChI is InChI=1S/C19H19NO3/c1-20-9-18-7-10-3-6-13(22-2)15-14(10)19(8-18)11(16(18)20)4-5-12(21)17(19)23-15/h3-6,11,16-17H,7-9H2,1-2H3/t11-,16-,17-,18?,19-/m0/s1. The van der Waals surface area contributed by atoms with Crippen LogP contribution in [0.25, 0.3) is 0 Å². The van der Waals surface area contributed by atoms with Crippen molar-refractivity contribution < 1.29 is 14.3 Å². The number of likely N-dealkylation sites (tertiary alicyclic amines) is 1. The Morgan fingerprint density at radius 2 is 2.26 bits per heavy atom. The highest BCUT2D eigenvalue weighted by Gasteiger charge is 2.75. The van der Waals surface area contributed by atoms with Crippen LogP contribution in [-0.2, 0) is 16.6 Å². The number of rotatable bonds is 1. The summed E-state index contributed by atoms with van der Waals surface area (Å²) in [5.41, 5.74) is 2.80. The number of ketones is 1. The van der Waals surface area contributed by atoms with Gasteiger partial charge in [-0.25, -0.2) is 0 Å². The molecule has 3 aliphatic carbocycles. The molecule has 2 spiro atoms. The van der Waals surface area contributed by atoms with E-state index >= 15 is 0 Å². The fourth-order valence-corrected chi connectivity index (χ4v) is 6.73. The summed E-state index contributed by atoms with van der Waals surface area (Å²) in [6.45, 7) is 1.13. The van der Waals surface area contributed by atoms with E-state index in [1.807, 2.05) is 6.07 Å². The maximum absolute atomic E-state index is 12.7. The molecule has 0 amide bonds. The molecule has 1 saturated heterocycles. The van der Waals surface area contributed by atoms with Gasteiger partial charge in [-0.3, -0.25) is 4.79 Å². The zero-order valence-electron chi connectivity index (χ0n) is 13.3. The average Bonchev–Trinajstić information content (AvgIpc) is 2.96. The maximum atomic E-state index is 12.7. The molecule has 5 atom stereocenters. The van der Waals surface area contributed by atoms with Gasteiger partial charge in [0.1, 0.15) is 0 Å². The third kappa shape index (κ3) is 1.09. The molecule has 2 bridgehead atoms. The van der Waals surface area contributed by atoms with E-state index in [2.05, 4.69) is 24.1 Å². The van der Waals surface area contributed by atoms with E-state index < -0.39 is 0 Å². The molecule has 1 saturated carbocycles. The van der Waals surface area contributed by atoms with Crippen molar-refractivity contribution in [1.29, 1.82) is 0 Å². The second-order valence-electron chi connectivity index (χ2n) is 8.03. The van der Waals surface area contributed by atoms with E-state index in [1.165, 1.54) is 11.1 Å². The van der Waals surface area contributed by atoms with Crippen molar-refractivity contribution in [1.82, 2.24) is 4.90 Å². The summed E-state index contributed by atoms with van der Waals surface area (Å²) in [5.74, 6) is 2.09. The third-order valence-corrected chi connectivity index (χ3v) is 7.11. The van der Waals surface area contributed by atoms with Gasteiger partial charge in [-0.15, -0.1) is 0 Å². The van der Waals surface area contributed by atoms with Gasteiger partial charge in [0, 0.05) is 29.5 Å². The first-order valence-corrected chi connectivity index (χ1v) is 8.40. The average molecular weight is 309 g/mol. The highest BCUT2D eigenvalue weighted by molar-refractivity contribution is 5.98. The summed E-state index contributed by atoms with van der Waals surface area (Å²) in [6, 6.07) is 4.74. The van der Waals surface area contributed by atoms with E-state index in [0.29, 0.717) is 17.4 Å². The van der Waals surface area contributed by atoms with E-state index in [-0.39, 0.29) is 17.3 Å². The highest BCUT2D eigenvalue weighted by Crippen LogP contribution is 2.72. The Morgan fingerprint density at radius 1 is 1.39 bits per heavy atom. The first kappa shape index (κ1) is 12.6. The minimum atomic E-state index is -0.362. The molecule has 23 heavy (non-hydrogen) atoms. The van der Waals surface area contributed by atoms with E-state index in [1.54, 1.807) is 13.2 Å². The Bertz CT molecular complexity index is 815. The Labute approximate surface area is 135 Å². The second-order valence-corrected chi connectivity index (χ2v) is 8.03. The van der Waals surface area contributed by atoms with Crippen molar-refractivity contribution in [2.75, 3.05) is 20.7 Å². The van der Waals surface area contributed by atoms with Crippen LogP contribution in [0.15, 0.2) is 24.3 Å². The van der Waals surface area contributed by atoms with Crippen LogP contribution in [0.4, 0.5) is 0 Å². The molecule has 1 aromatic rings. The van der Waals surface area contributed by atoms with Gasteiger partial charge >= 0.3 is 0 Å². The second kappa shape index (κ2) is 3.48. The molecule has 4 heteroatoms. The number of ether oxygens (including phenoxy) is 2. The molecule has 1 unspecified atom stereocenters. The van der Waals surface area contributed by atoms with Crippen LogP contribution in [0.1, 0.15) is 17.5 Å². The van der Waals surface area contributed by atoms with Crippen molar-refractivity contribution in [2.45, 2.75) is 30.4 Å². The fraction of sp³-hybridized carbons (Fsp3) is 0.526. The maximum Gasteiger partial charge on any atom is 0.196 e. The Balaban J connectivity index is 1.70. The molecule has 4 nitrogen and oxygen atoms in total. The number of nitrogens with zero attached hydrogens (tertiary/aromatic N) is 1. The van der Waals surface area contributed by atoms with Crippen molar-refractivity contribution in [3.8, 4) is 11.5 Å². The SMILES string of the molecule is COc1ccc2c3c1O[C@H]1C(=O)C=C[C@H]4[C@@H]5N(C)CC5(C2)C[C@]314. The van der Waals surface area contributed by atoms with Gasteiger partial charge in [-0.05, 0) is 37.6 Å². The molecular formula is C19H19NO3.